The number of benzene rings is 1. The first-order chi connectivity index (χ1) is 10.6. The minimum Gasteiger partial charge on any atom is -0.375 e. The van der Waals surface area contributed by atoms with Gasteiger partial charge in [0.25, 0.3) is 0 Å². The summed E-state index contributed by atoms with van der Waals surface area (Å²) in [4.78, 5) is 19.9. The number of nitrogens with one attached hydrogen (secondary N) is 2. The summed E-state index contributed by atoms with van der Waals surface area (Å²) in [6.07, 6.45) is 2.34. The van der Waals surface area contributed by atoms with Gasteiger partial charge in [0.1, 0.15) is 18.8 Å². The Balaban J connectivity index is 2.20. The van der Waals surface area contributed by atoms with Crippen LogP contribution in [0.25, 0.3) is 0 Å². The maximum atomic E-state index is 11.7. The molecule has 0 spiro atoms. The van der Waals surface area contributed by atoms with Crippen molar-refractivity contribution in [2.75, 3.05) is 24.4 Å². The summed E-state index contributed by atoms with van der Waals surface area (Å²) in [5.41, 5.74) is 3.58. The van der Waals surface area contributed by atoms with Crippen LogP contribution in [-0.4, -0.2) is 29.6 Å². The Morgan fingerprint density at radius 1 is 1.27 bits per heavy atom. The Morgan fingerprint density at radius 3 is 2.77 bits per heavy atom. The number of hydrogen-bond donors (Lipinski definition) is 2. The van der Waals surface area contributed by atoms with Crippen molar-refractivity contribution in [3.8, 4) is 0 Å². The number of methoxy groups -OCH3 is 1. The Morgan fingerprint density at radius 2 is 2.09 bits per heavy atom. The molecule has 2 aromatic rings. The van der Waals surface area contributed by atoms with Crippen molar-refractivity contribution in [1.29, 1.82) is 0 Å². The number of ether oxygens (including phenoxy) is 1. The quantitative estimate of drug-likeness (QED) is 0.857. The Hall–Kier alpha value is -2.47. The van der Waals surface area contributed by atoms with Crippen LogP contribution in [0.3, 0.4) is 0 Å². The largest absolute Gasteiger partial charge is 0.375 e. The molecule has 0 radical (unpaired) electrons. The van der Waals surface area contributed by atoms with Gasteiger partial charge in [-0.1, -0.05) is 13.0 Å². The zero-order valence-corrected chi connectivity index (χ0v) is 13.0. The van der Waals surface area contributed by atoms with Crippen LogP contribution in [0.1, 0.15) is 18.2 Å². The highest BCUT2D eigenvalue weighted by Gasteiger charge is 2.07. The lowest BCUT2D eigenvalue weighted by molar-refractivity contribution is -0.119. The van der Waals surface area contributed by atoms with E-state index in [-0.39, 0.29) is 12.5 Å². The lowest BCUT2D eigenvalue weighted by atomic mass is 10.1. The SMILES string of the molecule is CCc1ccc(Nc2cc(C)ncn2)cc1NC(=O)COC. The van der Waals surface area contributed by atoms with E-state index in [0.29, 0.717) is 5.82 Å². The van der Waals surface area contributed by atoms with Crippen molar-refractivity contribution in [3.63, 3.8) is 0 Å². The van der Waals surface area contributed by atoms with Gasteiger partial charge in [0.2, 0.25) is 5.91 Å². The predicted octanol–water partition coefficient (Wildman–Crippen LogP) is 2.68. The molecule has 0 fully saturated rings. The molecule has 1 amide bonds. The lowest BCUT2D eigenvalue weighted by Gasteiger charge is -2.13. The van der Waals surface area contributed by atoms with E-state index in [0.717, 1.165) is 29.1 Å². The molecule has 0 saturated carbocycles. The average Bonchev–Trinajstić information content (AvgIpc) is 2.48. The van der Waals surface area contributed by atoms with Crippen LogP contribution in [0.4, 0.5) is 17.2 Å². The third-order valence-corrected chi connectivity index (χ3v) is 3.12. The number of aryl methyl sites for hydroxylation is 2. The topological polar surface area (TPSA) is 76.1 Å². The van der Waals surface area contributed by atoms with Crippen molar-refractivity contribution in [2.24, 2.45) is 0 Å². The van der Waals surface area contributed by atoms with Gasteiger partial charge in [-0.25, -0.2) is 9.97 Å². The number of amides is 1. The smallest absolute Gasteiger partial charge is 0.250 e. The van der Waals surface area contributed by atoms with Gasteiger partial charge in [-0.2, -0.15) is 0 Å². The van der Waals surface area contributed by atoms with Crippen LogP contribution in [0.2, 0.25) is 0 Å². The second-order valence-corrected chi connectivity index (χ2v) is 4.88. The van der Waals surface area contributed by atoms with Gasteiger partial charge in [0, 0.05) is 30.2 Å². The van der Waals surface area contributed by atoms with Crippen LogP contribution < -0.4 is 10.6 Å². The van der Waals surface area contributed by atoms with Crippen LogP contribution >= 0.6 is 0 Å². The highest BCUT2D eigenvalue weighted by molar-refractivity contribution is 5.93. The summed E-state index contributed by atoms with van der Waals surface area (Å²) in [6.45, 7) is 3.98. The number of nitrogens with zero attached hydrogens (tertiary/aromatic N) is 2. The van der Waals surface area contributed by atoms with Crippen molar-refractivity contribution in [3.05, 3.63) is 41.9 Å². The molecule has 0 bridgehead atoms. The summed E-state index contributed by atoms with van der Waals surface area (Å²) in [6, 6.07) is 7.70. The highest BCUT2D eigenvalue weighted by atomic mass is 16.5. The second kappa shape index (κ2) is 7.51. The van der Waals surface area contributed by atoms with Crippen molar-refractivity contribution in [2.45, 2.75) is 20.3 Å². The van der Waals surface area contributed by atoms with E-state index in [4.69, 9.17) is 4.74 Å². The van der Waals surface area contributed by atoms with Gasteiger partial charge in [-0.3, -0.25) is 4.79 Å². The van der Waals surface area contributed by atoms with Crippen LogP contribution in [0.5, 0.6) is 0 Å². The van der Waals surface area contributed by atoms with E-state index >= 15 is 0 Å². The molecule has 0 aliphatic heterocycles. The standard InChI is InChI=1S/C16H20N4O2/c1-4-12-5-6-13(8-14(12)20-16(21)9-22-3)19-15-7-11(2)17-10-18-15/h5-8,10H,4,9H2,1-3H3,(H,20,21)(H,17,18,19). The lowest BCUT2D eigenvalue weighted by Crippen LogP contribution is -2.18. The van der Waals surface area contributed by atoms with E-state index < -0.39 is 0 Å². The van der Waals surface area contributed by atoms with Crippen molar-refractivity contribution >= 4 is 23.1 Å². The molecule has 1 heterocycles. The Kier molecular flexibility index (Phi) is 5.43. The highest BCUT2D eigenvalue weighted by Crippen LogP contribution is 2.24. The van der Waals surface area contributed by atoms with E-state index in [1.807, 2.05) is 38.1 Å². The molecular weight excluding hydrogens is 280 g/mol. The number of aromatic nitrogens is 2. The minimum atomic E-state index is -0.174. The van der Waals surface area contributed by atoms with E-state index in [1.165, 1.54) is 13.4 Å². The maximum Gasteiger partial charge on any atom is 0.250 e. The van der Waals surface area contributed by atoms with Gasteiger partial charge < -0.3 is 15.4 Å². The molecule has 0 aliphatic carbocycles. The molecule has 1 aromatic carbocycles. The molecular formula is C16H20N4O2. The molecule has 0 atom stereocenters. The van der Waals surface area contributed by atoms with Crippen LogP contribution in [0, 0.1) is 6.92 Å². The first-order valence-electron chi connectivity index (χ1n) is 7.09. The summed E-state index contributed by atoms with van der Waals surface area (Å²) in [5.74, 6) is 0.540. The van der Waals surface area contributed by atoms with E-state index in [9.17, 15) is 4.79 Å². The fourth-order valence-corrected chi connectivity index (χ4v) is 2.07. The molecule has 6 heteroatoms. The molecule has 2 N–H and O–H groups in total. The van der Waals surface area contributed by atoms with E-state index in [2.05, 4.69) is 20.6 Å². The third kappa shape index (κ3) is 4.26. The maximum absolute atomic E-state index is 11.7. The molecule has 2 rings (SSSR count). The van der Waals surface area contributed by atoms with Gasteiger partial charge in [0.05, 0.1) is 0 Å². The van der Waals surface area contributed by atoms with Crippen LogP contribution in [-0.2, 0) is 16.0 Å². The van der Waals surface area contributed by atoms with Gasteiger partial charge >= 0.3 is 0 Å². The first-order valence-corrected chi connectivity index (χ1v) is 7.09. The zero-order chi connectivity index (χ0) is 15.9. The number of carbonyl (C=O) groups excluding carboxylic acids is 1. The fourth-order valence-electron chi connectivity index (χ4n) is 2.07. The average molecular weight is 300 g/mol. The number of carbonyl (C=O) groups is 1. The third-order valence-electron chi connectivity index (χ3n) is 3.12. The minimum absolute atomic E-state index is 0.0336. The van der Waals surface area contributed by atoms with Crippen molar-refractivity contribution < 1.29 is 9.53 Å². The molecule has 0 unspecified atom stereocenters. The summed E-state index contributed by atoms with van der Waals surface area (Å²) >= 11 is 0. The molecule has 1 aromatic heterocycles. The molecule has 22 heavy (non-hydrogen) atoms. The normalized spacial score (nSPS) is 10.3. The monoisotopic (exact) mass is 300 g/mol. The molecule has 0 saturated heterocycles. The van der Waals surface area contributed by atoms with Gasteiger partial charge in [-0.15, -0.1) is 0 Å². The second-order valence-electron chi connectivity index (χ2n) is 4.88. The Labute approximate surface area is 129 Å². The van der Waals surface area contributed by atoms with Crippen molar-refractivity contribution in [1.82, 2.24) is 9.97 Å². The summed E-state index contributed by atoms with van der Waals surface area (Å²) in [7, 11) is 1.50. The number of rotatable bonds is 6. The number of anilines is 3. The first kappa shape index (κ1) is 15.9. The van der Waals surface area contributed by atoms with E-state index in [1.54, 1.807) is 0 Å². The molecule has 0 aliphatic rings. The molecule has 6 nitrogen and oxygen atoms in total. The zero-order valence-electron chi connectivity index (χ0n) is 13.0. The van der Waals surface area contributed by atoms with Crippen LogP contribution in [0.15, 0.2) is 30.6 Å². The number of hydrogen-bond acceptors (Lipinski definition) is 5. The molecule has 116 valence electrons. The van der Waals surface area contributed by atoms with Gasteiger partial charge in [-0.05, 0) is 31.0 Å². The predicted molar refractivity (Wildman–Crippen MR) is 86.4 cm³/mol. The van der Waals surface area contributed by atoms with Gasteiger partial charge in [0.15, 0.2) is 0 Å². The summed E-state index contributed by atoms with van der Waals surface area (Å²) in [5, 5.41) is 6.07. The fraction of sp³-hybridized carbons (Fsp3) is 0.312. The summed E-state index contributed by atoms with van der Waals surface area (Å²) < 4.78 is 4.84. The Bertz CT molecular complexity index is 658.